The molecule has 0 amide bonds. The number of ether oxygens (including phenoxy) is 1. The van der Waals surface area contributed by atoms with Gasteiger partial charge in [0.2, 0.25) is 0 Å². The fraction of sp³-hybridized carbons (Fsp3) is 1.00. The normalized spacial score (nSPS) is 40.2. The molecule has 0 aromatic rings. The maximum atomic E-state index is 6.23. The summed E-state index contributed by atoms with van der Waals surface area (Å²) in [7, 11) is 2.15. The van der Waals surface area contributed by atoms with E-state index in [0.717, 1.165) is 24.5 Å². The van der Waals surface area contributed by atoms with Crippen LogP contribution in [-0.4, -0.2) is 36.8 Å². The zero-order valence-electron chi connectivity index (χ0n) is 11.6. The largest absolute Gasteiger partial charge is 0.375 e. The van der Waals surface area contributed by atoms with E-state index in [4.69, 9.17) is 4.74 Å². The molecule has 1 spiro atoms. The van der Waals surface area contributed by atoms with Gasteiger partial charge in [0.25, 0.3) is 0 Å². The van der Waals surface area contributed by atoms with Crippen LogP contribution in [0.25, 0.3) is 0 Å². The Morgan fingerprint density at radius 1 is 1.17 bits per heavy atom. The van der Waals surface area contributed by atoms with Crippen molar-refractivity contribution in [1.82, 2.24) is 5.32 Å². The molecule has 2 nitrogen and oxygen atoms in total. The molecule has 2 saturated heterocycles. The molecule has 3 atom stereocenters. The molecule has 0 aromatic carbocycles. The summed E-state index contributed by atoms with van der Waals surface area (Å²) in [5, 5.41) is 3.56. The molecule has 3 heteroatoms. The molecule has 0 radical (unpaired) electrons. The summed E-state index contributed by atoms with van der Waals surface area (Å²) >= 11 is 2.11. The molecule has 1 N–H and O–H groups in total. The second kappa shape index (κ2) is 5.72. The van der Waals surface area contributed by atoms with Gasteiger partial charge in [-0.05, 0) is 68.9 Å². The van der Waals surface area contributed by atoms with Gasteiger partial charge in [0.15, 0.2) is 0 Å². The van der Waals surface area contributed by atoms with Gasteiger partial charge in [-0.15, -0.1) is 0 Å². The summed E-state index contributed by atoms with van der Waals surface area (Å²) in [6.07, 6.45) is 9.50. The molecule has 18 heavy (non-hydrogen) atoms. The van der Waals surface area contributed by atoms with Crippen molar-refractivity contribution in [3.63, 3.8) is 0 Å². The molecule has 2 heterocycles. The third-order valence-electron chi connectivity index (χ3n) is 5.48. The molecule has 2 aliphatic heterocycles. The van der Waals surface area contributed by atoms with Crippen LogP contribution in [0.5, 0.6) is 0 Å². The number of hydrogen-bond donors (Lipinski definition) is 1. The van der Waals surface area contributed by atoms with Crippen LogP contribution in [0.3, 0.4) is 0 Å². The minimum atomic E-state index is 0.273. The van der Waals surface area contributed by atoms with E-state index in [-0.39, 0.29) is 5.60 Å². The van der Waals surface area contributed by atoms with Gasteiger partial charge in [-0.25, -0.2) is 0 Å². The summed E-state index contributed by atoms with van der Waals surface area (Å²) in [4.78, 5) is 0. The van der Waals surface area contributed by atoms with Crippen LogP contribution < -0.4 is 5.32 Å². The lowest BCUT2D eigenvalue weighted by Crippen LogP contribution is -2.46. The predicted octanol–water partition coefficient (Wildman–Crippen LogP) is 3.07. The Bertz CT molecular complexity index is 272. The Labute approximate surface area is 116 Å². The highest BCUT2D eigenvalue weighted by Gasteiger charge is 2.43. The van der Waals surface area contributed by atoms with E-state index in [9.17, 15) is 0 Å². The summed E-state index contributed by atoms with van der Waals surface area (Å²) in [5.74, 6) is 4.46. The average molecular weight is 269 g/mol. The molecule has 1 aliphatic carbocycles. The van der Waals surface area contributed by atoms with Crippen LogP contribution in [0.4, 0.5) is 0 Å². The Morgan fingerprint density at radius 3 is 2.78 bits per heavy atom. The molecular weight excluding hydrogens is 242 g/mol. The van der Waals surface area contributed by atoms with Crippen molar-refractivity contribution in [3.05, 3.63) is 0 Å². The zero-order chi connectivity index (χ0) is 12.4. The van der Waals surface area contributed by atoms with E-state index >= 15 is 0 Å². The SMILES string of the molecule is CNC1CCCC1C1CCOC2(CCSCC2)C1. The summed E-state index contributed by atoms with van der Waals surface area (Å²) < 4.78 is 6.23. The minimum Gasteiger partial charge on any atom is -0.375 e. The van der Waals surface area contributed by atoms with Gasteiger partial charge >= 0.3 is 0 Å². The predicted molar refractivity (Wildman–Crippen MR) is 78.2 cm³/mol. The highest BCUT2D eigenvalue weighted by atomic mass is 32.2. The van der Waals surface area contributed by atoms with Crippen LogP contribution in [0.1, 0.15) is 44.9 Å². The van der Waals surface area contributed by atoms with Gasteiger partial charge in [-0.3, -0.25) is 0 Å². The van der Waals surface area contributed by atoms with Gasteiger partial charge in [-0.2, -0.15) is 11.8 Å². The lowest BCUT2D eigenvalue weighted by atomic mass is 9.74. The first-order valence-corrected chi connectivity index (χ1v) is 8.87. The molecule has 3 aliphatic rings. The van der Waals surface area contributed by atoms with Crippen LogP contribution >= 0.6 is 11.8 Å². The van der Waals surface area contributed by atoms with Gasteiger partial charge in [0, 0.05) is 12.6 Å². The van der Waals surface area contributed by atoms with Crippen LogP contribution in [-0.2, 0) is 4.74 Å². The second-order valence-electron chi connectivity index (χ2n) is 6.39. The number of rotatable bonds is 2. The molecule has 3 unspecified atom stereocenters. The van der Waals surface area contributed by atoms with E-state index in [1.807, 2.05) is 0 Å². The van der Waals surface area contributed by atoms with Gasteiger partial charge < -0.3 is 10.1 Å². The van der Waals surface area contributed by atoms with E-state index in [1.165, 1.54) is 56.5 Å². The lowest BCUT2D eigenvalue weighted by molar-refractivity contribution is -0.111. The summed E-state index contributed by atoms with van der Waals surface area (Å²) in [6.45, 7) is 1.02. The Balaban J connectivity index is 1.66. The standard InChI is InChI=1S/C15H27NOS/c1-16-14-4-2-3-13(14)12-5-8-17-15(11-12)6-9-18-10-7-15/h12-14,16H,2-11H2,1H3. The van der Waals surface area contributed by atoms with E-state index in [0.29, 0.717) is 0 Å². The van der Waals surface area contributed by atoms with E-state index < -0.39 is 0 Å². The number of thioether (sulfide) groups is 1. The van der Waals surface area contributed by atoms with Crippen molar-refractivity contribution in [2.45, 2.75) is 56.6 Å². The Morgan fingerprint density at radius 2 is 2.00 bits per heavy atom. The highest BCUT2D eigenvalue weighted by molar-refractivity contribution is 7.99. The molecule has 1 saturated carbocycles. The zero-order valence-corrected chi connectivity index (χ0v) is 12.4. The fourth-order valence-corrected chi connectivity index (χ4v) is 5.67. The quantitative estimate of drug-likeness (QED) is 0.832. The van der Waals surface area contributed by atoms with Crippen LogP contribution in [0.2, 0.25) is 0 Å². The monoisotopic (exact) mass is 269 g/mol. The van der Waals surface area contributed by atoms with Crippen molar-refractivity contribution in [1.29, 1.82) is 0 Å². The van der Waals surface area contributed by atoms with Gasteiger partial charge in [0.1, 0.15) is 0 Å². The van der Waals surface area contributed by atoms with Gasteiger partial charge in [0.05, 0.1) is 5.60 Å². The summed E-state index contributed by atoms with van der Waals surface area (Å²) in [5.41, 5.74) is 0.273. The molecular formula is C15H27NOS. The Kier molecular flexibility index (Phi) is 4.21. The fourth-order valence-electron chi connectivity index (χ4n) is 4.43. The first kappa shape index (κ1) is 13.3. The minimum absolute atomic E-state index is 0.273. The van der Waals surface area contributed by atoms with Crippen LogP contribution in [0, 0.1) is 11.8 Å². The van der Waals surface area contributed by atoms with E-state index in [1.54, 1.807) is 0 Å². The van der Waals surface area contributed by atoms with Crippen molar-refractivity contribution >= 4 is 11.8 Å². The third-order valence-corrected chi connectivity index (χ3v) is 6.47. The lowest BCUT2D eigenvalue weighted by Gasteiger charge is -2.45. The van der Waals surface area contributed by atoms with Crippen LogP contribution in [0.15, 0.2) is 0 Å². The van der Waals surface area contributed by atoms with E-state index in [2.05, 4.69) is 24.1 Å². The second-order valence-corrected chi connectivity index (χ2v) is 7.61. The highest BCUT2D eigenvalue weighted by Crippen LogP contribution is 2.45. The maximum Gasteiger partial charge on any atom is 0.0701 e. The van der Waals surface area contributed by atoms with Crippen molar-refractivity contribution < 1.29 is 4.74 Å². The number of hydrogen-bond acceptors (Lipinski definition) is 3. The first-order chi connectivity index (χ1) is 8.83. The molecule has 104 valence electrons. The molecule has 3 fully saturated rings. The maximum absolute atomic E-state index is 6.23. The smallest absolute Gasteiger partial charge is 0.0701 e. The third kappa shape index (κ3) is 2.59. The first-order valence-electron chi connectivity index (χ1n) is 7.72. The van der Waals surface area contributed by atoms with Crippen molar-refractivity contribution in [2.75, 3.05) is 25.2 Å². The van der Waals surface area contributed by atoms with Crippen molar-refractivity contribution in [2.24, 2.45) is 11.8 Å². The number of nitrogens with one attached hydrogen (secondary N) is 1. The average Bonchev–Trinajstić information content (AvgIpc) is 2.88. The molecule has 0 bridgehead atoms. The topological polar surface area (TPSA) is 21.3 Å². The van der Waals surface area contributed by atoms with Crippen molar-refractivity contribution in [3.8, 4) is 0 Å². The summed E-state index contributed by atoms with van der Waals surface area (Å²) in [6, 6.07) is 0.781. The Hall–Kier alpha value is 0.270. The molecule has 3 rings (SSSR count). The van der Waals surface area contributed by atoms with Gasteiger partial charge in [-0.1, -0.05) is 6.42 Å². The molecule has 0 aromatic heterocycles.